The zero-order valence-corrected chi connectivity index (χ0v) is 9.47. The highest BCUT2D eigenvalue weighted by molar-refractivity contribution is 5.03. The summed E-state index contributed by atoms with van der Waals surface area (Å²) in [4.78, 5) is 2.55. The fourth-order valence-electron chi connectivity index (χ4n) is 2.95. The monoisotopic (exact) mass is 193 g/mol. The van der Waals surface area contributed by atoms with Crippen LogP contribution in [0.15, 0.2) is 12.3 Å². The van der Waals surface area contributed by atoms with Gasteiger partial charge in [0.15, 0.2) is 0 Å². The lowest BCUT2D eigenvalue weighted by Crippen LogP contribution is -2.31. The third-order valence-corrected chi connectivity index (χ3v) is 3.93. The minimum absolute atomic E-state index is 0.808. The Morgan fingerprint density at radius 3 is 2.43 bits per heavy atom. The smallest absolute Gasteiger partial charge is 0.0174 e. The van der Waals surface area contributed by atoms with Gasteiger partial charge in [-0.1, -0.05) is 19.9 Å². The van der Waals surface area contributed by atoms with Crippen LogP contribution >= 0.6 is 0 Å². The van der Waals surface area contributed by atoms with Gasteiger partial charge in [0.2, 0.25) is 0 Å². The molecular formula is C13H23N. The summed E-state index contributed by atoms with van der Waals surface area (Å²) in [6, 6.07) is 0. The van der Waals surface area contributed by atoms with Crippen molar-refractivity contribution < 1.29 is 0 Å². The molecule has 0 N–H and O–H groups in total. The molecule has 1 unspecified atom stereocenters. The Hall–Kier alpha value is -0.460. The Morgan fingerprint density at radius 2 is 1.86 bits per heavy atom. The average molecular weight is 193 g/mol. The van der Waals surface area contributed by atoms with Gasteiger partial charge in [-0.2, -0.15) is 0 Å². The van der Waals surface area contributed by atoms with Gasteiger partial charge in [-0.25, -0.2) is 0 Å². The first-order chi connectivity index (χ1) is 6.77. The molecule has 0 spiro atoms. The van der Waals surface area contributed by atoms with Gasteiger partial charge in [0.25, 0.3) is 0 Å². The van der Waals surface area contributed by atoms with Crippen molar-refractivity contribution in [3.63, 3.8) is 0 Å². The quantitative estimate of drug-likeness (QED) is 0.649. The molecule has 0 amide bonds. The van der Waals surface area contributed by atoms with E-state index in [4.69, 9.17) is 0 Å². The SMILES string of the molecule is C=C([C@@H]1CCC(C)C1)N1CCCCC1. The molecule has 0 aromatic carbocycles. The molecule has 80 valence electrons. The standard InChI is InChI=1S/C13H23N/c1-11-6-7-13(10-11)12(2)14-8-4-3-5-9-14/h11,13H,2-10H2,1H3/t11?,13-/m1/s1. The molecule has 0 aromatic heterocycles. The van der Waals surface area contributed by atoms with Gasteiger partial charge >= 0.3 is 0 Å². The molecule has 2 rings (SSSR count). The summed E-state index contributed by atoms with van der Waals surface area (Å²) in [5.41, 5.74) is 1.45. The highest BCUT2D eigenvalue weighted by Crippen LogP contribution is 2.36. The van der Waals surface area contributed by atoms with Crippen molar-refractivity contribution in [2.45, 2.75) is 45.4 Å². The number of nitrogens with zero attached hydrogens (tertiary/aromatic N) is 1. The first-order valence-electron chi connectivity index (χ1n) is 6.21. The van der Waals surface area contributed by atoms with Crippen LogP contribution in [-0.2, 0) is 0 Å². The molecule has 1 nitrogen and oxygen atoms in total. The fraction of sp³-hybridized carbons (Fsp3) is 0.846. The van der Waals surface area contributed by atoms with Gasteiger partial charge in [0, 0.05) is 18.8 Å². The van der Waals surface area contributed by atoms with Gasteiger partial charge in [-0.15, -0.1) is 0 Å². The summed E-state index contributed by atoms with van der Waals surface area (Å²) in [7, 11) is 0. The summed E-state index contributed by atoms with van der Waals surface area (Å²) < 4.78 is 0. The average Bonchev–Trinajstić information content (AvgIpc) is 2.65. The van der Waals surface area contributed by atoms with E-state index in [1.165, 1.54) is 57.3 Å². The maximum Gasteiger partial charge on any atom is 0.0174 e. The third-order valence-electron chi connectivity index (χ3n) is 3.93. The molecular weight excluding hydrogens is 170 g/mol. The van der Waals surface area contributed by atoms with E-state index in [9.17, 15) is 0 Å². The van der Waals surface area contributed by atoms with Crippen LogP contribution in [-0.4, -0.2) is 18.0 Å². The van der Waals surface area contributed by atoms with Crippen LogP contribution in [0.1, 0.15) is 45.4 Å². The predicted molar refractivity (Wildman–Crippen MR) is 61.1 cm³/mol. The minimum atomic E-state index is 0.808. The molecule has 2 atom stereocenters. The molecule has 2 aliphatic rings. The second-order valence-electron chi connectivity index (χ2n) is 5.15. The van der Waals surface area contributed by atoms with Gasteiger partial charge in [0.05, 0.1) is 0 Å². The van der Waals surface area contributed by atoms with E-state index in [-0.39, 0.29) is 0 Å². The normalized spacial score (nSPS) is 33.4. The first kappa shape index (κ1) is 10.1. The summed E-state index contributed by atoms with van der Waals surface area (Å²) >= 11 is 0. The zero-order valence-electron chi connectivity index (χ0n) is 9.47. The first-order valence-corrected chi connectivity index (χ1v) is 6.21. The van der Waals surface area contributed by atoms with Crippen molar-refractivity contribution in [3.05, 3.63) is 12.3 Å². The second kappa shape index (κ2) is 4.37. The van der Waals surface area contributed by atoms with E-state index in [2.05, 4.69) is 18.4 Å². The van der Waals surface area contributed by atoms with E-state index >= 15 is 0 Å². The van der Waals surface area contributed by atoms with E-state index < -0.39 is 0 Å². The molecule has 0 bridgehead atoms. The predicted octanol–water partition coefficient (Wildman–Crippen LogP) is 3.42. The lowest BCUT2D eigenvalue weighted by molar-refractivity contribution is 0.255. The zero-order chi connectivity index (χ0) is 9.97. The van der Waals surface area contributed by atoms with E-state index in [0.717, 1.165) is 11.8 Å². The number of piperidine rings is 1. The molecule has 1 heteroatoms. The molecule has 1 aliphatic heterocycles. The molecule has 0 aromatic rings. The van der Waals surface area contributed by atoms with Crippen molar-refractivity contribution in [2.24, 2.45) is 11.8 Å². The van der Waals surface area contributed by atoms with E-state index in [1.54, 1.807) is 0 Å². The fourth-order valence-corrected chi connectivity index (χ4v) is 2.95. The molecule has 1 heterocycles. The van der Waals surface area contributed by atoms with Crippen molar-refractivity contribution in [1.29, 1.82) is 0 Å². The third kappa shape index (κ3) is 2.13. The molecule has 2 fully saturated rings. The van der Waals surface area contributed by atoms with Crippen LogP contribution in [0.4, 0.5) is 0 Å². The van der Waals surface area contributed by atoms with E-state index in [0.29, 0.717) is 0 Å². The second-order valence-corrected chi connectivity index (χ2v) is 5.15. The Balaban J connectivity index is 1.87. The number of hydrogen-bond donors (Lipinski definition) is 0. The number of likely N-dealkylation sites (tertiary alicyclic amines) is 1. The van der Waals surface area contributed by atoms with Crippen molar-refractivity contribution >= 4 is 0 Å². The Bertz CT molecular complexity index is 197. The minimum Gasteiger partial charge on any atom is -0.375 e. The van der Waals surface area contributed by atoms with Gasteiger partial charge in [0.1, 0.15) is 0 Å². The summed E-state index contributed by atoms with van der Waals surface area (Å²) in [6.07, 6.45) is 8.36. The van der Waals surface area contributed by atoms with E-state index in [1.807, 2.05) is 0 Å². The van der Waals surface area contributed by atoms with Gasteiger partial charge < -0.3 is 4.90 Å². The molecule has 1 saturated heterocycles. The van der Waals surface area contributed by atoms with Crippen LogP contribution in [0.2, 0.25) is 0 Å². The Morgan fingerprint density at radius 1 is 1.14 bits per heavy atom. The number of rotatable bonds is 2. The van der Waals surface area contributed by atoms with Crippen LogP contribution in [0.25, 0.3) is 0 Å². The number of allylic oxidation sites excluding steroid dienone is 1. The lowest BCUT2D eigenvalue weighted by Gasteiger charge is -2.33. The summed E-state index contributed by atoms with van der Waals surface area (Å²) in [5.74, 6) is 1.74. The Labute approximate surface area is 88.2 Å². The maximum absolute atomic E-state index is 4.32. The maximum atomic E-state index is 4.32. The van der Waals surface area contributed by atoms with Crippen LogP contribution in [0.3, 0.4) is 0 Å². The molecule has 1 aliphatic carbocycles. The van der Waals surface area contributed by atoms with Gasteiger partial charge in [-0.3, -0.25) is 0 Å². The topological polar surface area (TPSA) is 3.24 Å². The summed E-state index contributed by atoms with van der Waals surface area (Å²) in [6.45, 7) is 9.23. The van der Waals surface area contributed by atoms with Crippen molar-refractivity contribution in [2.75, 3.05) is 13.1 Å². The van der Waals surface area contributed by atoms with Crippen LogP contribution < -0.4 is 0 Å². The highest BCUT2D eigenvalue weighted by atomic mass is 15.1. The highest BCUT2D eigenvalue weighted by Gasteiger charge is 2.26. The lowest BCUT2D eigenvalue weighted by atomic mass is 10.00. The van der Waals surface area contributed by atoms with Crippen LogP contribution in [0, 0.1) is 11.8 Å². The largest absolute Gasteiger partial charge is 0.375 e. The Kier molecular flexibility index (Phi) is 3.15. The van der Waals surface area contributed by atoms with Gasteiger partial charge in [-0.05, 0) is 43.9 Å². The van der Waals surface area contributed by atoms with Crippen molar-refractivity contribution in [1.82, 2.24) is 4.90 Å². The molecule has 14 heavy (non-hydrogen) atoms. The number of hydrogen-bond acceptors (Lipinski definition) is 1. The summed E-state index contributed by atoms with van der Waals surface area (Å²) in [5, 5.41) is 0. The molecule has 1 saturated carbocycles. The van der Waals surface area contributed by atoms with Crippen LogP contribution in [0.5, 0.6) is 0 Å². The molecule has 0 radical (unpaired) electrons. The van der Waals surface area contributed by atoms with Crippen molar-refractivity contribution in [3.8, 4) is 0 Å².